The highest BCUT2D eigenvalue weighted by Gasteiger charge is 2.42. The Labute approximate surface area is 114 Å². The van der Waals surface area contributed by atoms with Crippen molar-refractivity contribution >= 4 is 5.91 Å². The van der Waals surface area contributed by atoms with Crippen LogP contribution in [-0.4, -0.2) is 5.91 Å². The molecular formula is C16H33NO. The fourth-order valence-electron chi connectivity index (χ4n) is 3.34. The molecule has 0 aliphatic heterocycles. The van der Waals surface area contributed by atoms with Gasteiger partial charge < -0.3 is 5.73 Å². The van der Waals surface area contributed by atoms with Crippen LogP contribution in [0.2, 0.25) is 0 Å². The minimum Gasteiger partial charge on any atom is -0.369 e. The average molecular weight is 255 g/mol. The largest absolute Gasteiger partial charge is 0.369 e. The first-order valence-electron chi connectivity index (χ1n) is 7.60. The van der Waals surface area contributed by atoms with Gasteiger partial charge in [0.15, 0.2) is 0 Å². The molecular weight excluding hydrogens is 222 g/mol. The van der Waals surface area contributed by atoms with E-state index in [4.69, 9.17) is 5.73 Å². The van der Waals surface area contributed by atoms with Crippen LogP contribution >= 0.6 is 0 Å². The maximum absolute atomic E-state index is 12.1. The van der Waals surface area contributed by atoms with Crippen LogP contribution in [0.25, 0.3) is 0 Å². The van der Waals surface area contributed by atoms with Gasteiger partial charge >= 0.3 is 0 Å². The average Bonchev–Trinajstić information content (AvgIpc) is 2.24. The minimum atomic E-state index is -0.297. The molecule has 2 N–H and O–H groups in total. The standard InChI is InChI=1S/C16H33NO/c1-7-9-14(10-12(3)4)16(8-2,15(17)18)11-13(5)6/h12-14H,7-11H2,1-6H3,(H2,17,18). The predicted molar refractivity (Wildman–Crippen MR) is 79.2 cm³/mol. The Kier molecular flexibility index (Phi) is 7.58. The Hall–Kier alpha value is -0.530. The molecule has 0 aromatic rings. The van der Waals surface area contributed by atoms with Crippen LogP contribution in [0.1, 0.15) is 73.6 Å². The van der Waals surface area contributed by atoms with Gasteiger partial charge in [-0.1, -0.05) is 48.0 Å². The van der Waals surface area contributed by atoms with Crippen LogP contribution in [0.4, 0.5) is 0 Å². The molecule has 18 heavy (non-hydrogen) atoms. The molecule has 0 aliphatic rings. The zero-order valence-electron chi connectivity index (χ0n) is 13.3. The van der Waals surface area contributed by atoms with Crippen molar-refractivity contribution in [3.63, 3.8) is 0 Å². The molecule has 0 saturated heterocycles. The third-order valence-corrected chi connectivity index (χ3v) is 4.07. The molecule has 0 bridgehead atoms. The third-order valence-electron chi connectivity index (χ3n) is 4.07. The number of primary amides is 1. The van der Waals surface area contributed by atoms with E-state index < -0.39 is 0 Å². The van der Waals surface area contributed by atoms with E-state index in [0.717, 1.165) is 32.1 Å². The highest BCUT2D eigenvalue weighted by molar-refractivity contribution is 5.81. The van der Waals surface area contributed by atoms with E-state index in [1.165, 1.54) is 0 Å². The number of hydrogen-bond donors (Lipinski definition) is 1. The van der Waals surface area contributed by atoms with Crippen molar-refractivity contribution in [1.82, 2.24) is 0 Å². The number of nitrogens with two attached hydrogens (primary N) is 1. The summed E-state index contributed by atoms with van der Waals surface area (Å²) in [6.07, 6.45) is 5.15. The minimum absolute atomic E-state index is 0.0854. The zero-order chi connectivity index (χ0) is 14.3. The first kappa shape index (κ1) is 17.5. The van der Waals surface area contributed by atoms with Gasteiger partial charge in [-0.05, 0) is 43.4 Å². The van der Waals surface area contributed by atoms with Gasteiger partial charge in [0, 0.05) is 0 Å². The predicted octanol–water partition coefficient (Wildman–Crippen LogP) is 4.38. The lowest BCUT2D eigenvalue weighted by Gasteiger charge is -2.40. The molecule has 108 valence electrons. The van der Waals surface area contributed by atoms with E-state index in [1.54, 1.807) is 0 Å². The summed E-state index contributed by atoms with van der Waals surface area (Å²) >= 11 is 0. The number of amides is 1. The monoisotopic (exact) mass is 255 g/mol. The molecule has 0 aromatic heterocycles. The molecule has 0 spiro atoms. The SMILES string of the molecule is CCCC(CC(C)C)C(CC)(CC(C)C)C(N)=O. The smallest absolute Gasteiger partial charge is 0.223 e. The molecule has 0 heterocycles. The van der Waals surface area contributed by atoms with Gasteiger partial charge in [0.05, 0.1) is 5.41 Å². The van der Waals surface area contributed by atoms with Crippen molar-refractivity contribution in [3.8, 4) is 0 Å². The van der Waals surface area contributed by atoms with E-state index in [-0.39, 0.29) is 11.3 Å². The first-order chi connectivity index (χ1) is 8.30. The molecule has 0 aliphatic carbocycles. The van der Waals surface area contributed by atoms with Crippen molar-refractivity contribution in [2.75, 3.05) is 0 Å². The van der Waals surface area contributed by atoms with Crippen LogP contribution in [0.3, 0.4) is 0 Å². The summed E-state index contributed by atoms with van der Waals surface area (Å²) in [5.74, 6) is 1.49. The lowest BCUT2D eigenvalue weighted by molar-refractivity contribution is -0.133. The first-order valence-corrected chi connectivity index (χ1v) is 7.60. The maximum atomic E-state index is 12.1. The second-order valence-corrected chi connectivity index (χ2v) is 6.59. The number of carbonyl (C=O) groups is 1. The lowest BCUT2D eigenvalue weighted by Crippen LogP contribution is -2.44. The Bertz CT molecular complexity index is 247. The van der Waals surface area contributed by atoms with Gasteiger partial charge in [-0.15, -0.1) is 0 Å². The molecule has 0 rings (SSSR count). The van der Waals surface area contributed by atoms with Gasteiger partial charge in [0.25, 0.3) is 0 Å². The van der Waals surface area contributed by atoms with E-state index in [0.29, 0.717) is 17.8 Å². The summed E-state index contributed by atoms with van der Waals surface area (Å²) in [5.41, 5.74) is 5.50. The second-order valence-electron chi connectivity index (χ2n) is 6.59. The fraction of sp³-hybridized carbons (Fsp3) is 0.938. The quantitative estimate of drug-likeness (QED) is 0.653. The van der Waals surface area contributed by atoms with Crippen LogP contribution < -0.4 is 5.73 Å². The summed E-state index contributed by atoms with van der Waals surface area (Å²) in [5, 5.41) is 0. The molecule has 0 aromatic carbocycles. The van der Waals surface area contributed by atoms with E-state index >= 15 is 0 Å². The van der Waals surface area contributed by atoms with Crippen LogP contribution in [0.5, 0.6) is 0 Å². The van der Waals surface area contributed by atoms with Crippen LogP contribution in [0, 0.1) is 23.2 Å². The molecule has 0 fully saturated rings. The number of carbonyl (C=O) groups excluding carboxylic acids is 1. The molecule has 2 nitrogen and oxygen atoms in total. The molecule has 1 amide bonds. The summed E-state index contributed by atoms with van der Waals surface area (Å²) in [6.45, 7) is 13.2. The molecule has 0 saturated carbocycles. The Morgan fingerprint density at radius 3 is 1.94 bits per heavy atom. The summed E-state index contributed by atoms with van der Waals surface area (Å²) in [6, 6.07) is 0. The van der Waals surface area contributed by atoms with Gasteiger partial charge in [-0.2, -0.15) is 0 Å². The molecule has 2 unspecified atom stereocenters. The second kappa shape index (κ2) is 7.81. The van der Waals surface area contributed by atoms with Gasteiger partial charge in [-0.3, -0.25) is 4.79 Å². The summed E-state index contributed by atoms with van der Waals surface area (Å²) in [7, 11) is 0. The van der Waals surface area contributed by atoms with Crippen molar-refractivity contribution in [1.29, 1.82) is 0 Å². The van der Waals surface area contributed by atoms with Gasteiger partial charge in [0.1, 0.15) is 0 Å². The zero-order valence-corrected chi connectivity index (χ0v) is 13.3. The van der Waals surface area contributed by atoms with E-state index in [2.05, 4.69) is 41.5 Å². The van der Waals surface area contributed by atoms with E-state index in [9.17, 15) is 4.79 Å². The highest BCUT2D eigenvalue weighted by Crippen LogP contribution is 2.43. The molecule has 0 radical (unpaired) electrons. The Morgan fingerprint density at radius 2 is 1.67 bits per heavy atom. The fourth-order valence-corrected chi connectivity index (χ4v) is 3.34. The molecule has 2 atom stereocenters. The topological polar surface area (TPSA) is 43.1 Å². The van der Waals surface area contributed by atoms with Crippen LogP contribution in [-0.2, 0) is 4.79 Å². The third kappa shape index (κ3) is 4.62. The van der Waals surface area contributed by atoms with Crippen molar-refractivity contribution < 1.29 is 4.79 Å². The normalized spacial score (nSPS) is 16.9. The van der Waals surface area contributed by atoms with Gasteiger partial charge in [-0.25, -0.2) is 0 Å². The van der Waals surface area contributed by atoms with Gasteiger partial charge in [0.2, 0.25) is 5.91 Å². The van der Waals surface area contributed by atoms with Crippen molar-refractivity contribution in [2.45, 2.75) is 73.6 Å². The van der Waals surface area contributed by atoms with E-state index in [1.807, 2.05) is 0 Å². The van der Waals surface area contributed by atoms with Crippen molar-refractivity contribution in [2.24, 2.45) is 28.9 Å². The number of hydrogen-bond acceptors (Lipinski definition) is 1. The maximum Gasteiger partial charge on any atom is 0.223 e. The summed E-state index contributed by atoms with van der Waals surface area (Å²) in [4.78, 5) is 12.1. The Morgan fingerprint density at radius 1 is 1.11 bits per heavy atom. The number of rotatable bonds is 9. The van der Waals surface area contributed by atoms with Crippen molar-refractivity contribution in [3.05, 3.63) is 0 Å². The summed E-state index contributed by atoms with van der Waals surface area (Å²) < 4.78 is 0. The lowest BCUT2D eigenvalue weighted by atomic mass is 9.64. The molecule has 2 heteroatoms. The highest BCUT2D eigenvalue weighted by atomic mass is 16.1. The Balaban J connectivity index is 5.24. The van der Waals surface area contributed by atoms with Crippen LogP contribution in [0.15, 0.2) is 0 Å².